The number of hydrogen-bond donors (Lipinski definition) is 2. The fourth-order valence-electron chi connectivity index (χ4n) is 1.23. The molecule has 2 rings (SSSR count). The molecule has 0 unspecified atom stereocenters. The zero-order valence-corrected chi connectivity index (χ0v) is 11.1. The maximum atomic E-state index is 11.7. The molecule has 0 aliphatic rings. The molecule has 0 aliphatic carbocycles. The van der Waals surface area contributed by atoms with Gasteiger partial charge in [-0.1, -0.05) is 0 Å². The fraction of sp³-hybridized carbons (Fsp3) is 0.100. The van der Waals surface area contributed by atoms with Crippen molar-refractivity contribution in [3.05, 3.63) is 38.9 Å². The maximum Gasteiger partial charge on any atom is 0.273 e. The van der Waals surface area contributed by atoms with Crippen LogP contribution in [0.1, 0.15) is 16.1 Å². The van der Waals surface area contributed by atoms with Crippen molar-refractivity contribution in [3.8, 4) is 0 Å². The Hall–Kier alpha value is -1.47. The van der Waals surface area contributed by atoms with Gasteiger partial charge in [-0.15, -0.1) is 11.3 Å². The summed E-state index contributed by atoms with van der Waals surface area (Å²) in [5, 5.41) is 4.70. The highest BCUT2D eigenvalue weighted by Crippen LogP contribution is 2.20. The van der Waals surface area contributed by atoms with Crippen molar-refractivity contribution < 1.29 is 4.79 Å². The standard InChI is InChI=1S/C10H9BrN4OS/c11-7-3-6(5-17-7)4-15-10(16)8-9(12)14-2-1-13-8/h1-3,5H,4H2,(H2,12,14)(H,15,16). The second-order valence-corrected chi connectivity index (χ2v) is 5.52. The number of thiophene rings is 1. The van der Waals surface area contributed by atoms with Crippen LogP contribution in [0.2, 0.25) is 0 Å². The minimum Gasteiger partial charge on any atom is -0.382 e. The van der Waals surface area contributed by atoms with Gasteiger partial charge in [0.25, 0.3) is 5.91 Å². The molecule has 88 valence electrons. The first-order chi connectivity index (χ1) is 8.16. The minimum absolute atomic E-state index is 0.136. The zero-order chi connectivity index (χ0) is 12.3. The molecular formula is C10H9BrN4OS. The average Bonchev–Trinajstić information content (AvgIpc) is 2.73. The predicted octanol–water partition coefficient (Wildman–Crippen LogP) is 1.81. The van der Waals surface area contributed by atoms with Gasteiger partial charge in [-0.3, -0.25) is 4.79 Å². The Morgan fingerprint density at radius 1 is 1.47 bits per heavy atom. The van der Waals surface area contributed by atoms with Crippen LogP contribution >= 0.6 is 27.3 Å². The number of aromatic nitrogens is 2. The SMILES string of the molecule is Nc1nccnc1C(=O)NCc1csc(Br)c1. The molecule has 0 aliphatic heterocycles. The molecule has 0 saturated heterocycles. The van der Waals surface area contributed by atoms with Crippen molar-refractivity contribution in [2.75, 3.05) is 5.73 Å². The normalized spacial score (nSPS) is 10.2. The van der Waals surface area contributed by atoms with Crippen molar-refractivity contribution in [1.82, 2.24) is 15.3 Å². The Kier molecular flexibility index (Phi) is 3.70. The van der Waals surface area contributed by atoms with Gasteiger partial charge in [-0.2, -0.15) is 0 Å². The van der Waals surface area contributed by atoms with Crippen LogP contribution in [-0.2, 0) is 6.54 Å². The first-order valence-corrected chi connectivity index (χ1v) is 6.41. The van der Waals surface area contributed by atoms with E-state index in [1.54, 1.807) is 11.3 Å². The van der Waals surface area contributed by atoms with Gasteiger partial charge in [0.15, 0.2) is 11.5 Å². The lowest BCUT2D eigenvalue weighted by Gasteiger charge is -2.04. The largest absolute Gasteiger partial charge is 0.382 e. The molecule has 5 nitrogen and oxygen atoms in total. The van der Waals surface area contributed by atoms with E-state index in [-0.39, 0.29) is 17.4 Å². The third-order valence-electron chi connectivity index (χ3n) is 2.02. The average molecular weight is 313 g/mol. The molecule has 0 bridgehead atoms. The summed E-state index contributed by atoms with van der Waals surface area (Å²) in [6, 6.07) is 1.95. The molecule has 0 fully saturated rings. The van der Waals surface area contributed by atoms with E-state index in [2.05, 4.69) is 31.2 Å². The zero-order valence-electron chi connectivity index (χ0n) is 8.68. The molecule has 0 aromatic carbocycles. The number of nitrogens with two attached hydrogens (primary N) is 1. The van der Waals surface area contributed by atoms with E-state index in [9.17, 15) is 4.79 Å². The summed E-state index contributed by atoms with van der Waals surface area (Å²) in [6.45, 7) is 0.441. The Morgan fingerprint density at radius 3 is 2.88 bits per heavy atom. The lowest BCUT2D eigenvalue weighted by atomic mass is 10.3. The van der Waals surface area contributed by atoms with E-state index in [0.717, 1.165) is 9.35 Å². The molecule has 0 saturated carbocycles. The van der Waals surface area contributed by atoms with Crippen LogP contribution in [0.25, 0.3) is 0 Å². The molecule has 2 aromatic heterocycles. The number of amides is 1. The Labute approximate surface area is 110 Å². The predicted molar refractivity (Wildman–Crippen MR) is 69.6 cm³/mol. The molecule has 0 spiro atoms. The van der Waals surface area contributed by atoms with Crippen LogP contribution in [0.3, 0.4) is 0 Å². The number of rotatable bonds is 3. The van der Waals surface area contributed by atoms with Gasteiger partial charge >= 0.3 is 0 Å². The van der Waals surface area contributed by atoms with Crippen LogP contribution in [0.4, 0.5) is 5.82 Å². The second-order valence-electron chi connectivity index (χ2n) is 3.23. The Morgan fingerprint density at radius 2 is 2.24 bits per heavy atom. The third-order valence-corrected chi connectivity index (χ3v) is 3.57. The summed E-state index contributed by atoms with van der Waals surface area (Å²) < 4.78 is 1.03. The lowest BCUT2D eigenvalue weighted by molar-refractivity contribution is 0.0946. The summed E-state index contributed by atoms with van der Waals surface area (Å²) in [5.41, 5.74) is 6.73. The molecule has 17 heavy (non-hydrogen) atoms. The van der Waals surface area contributed by atoms with Gasteiger partial charge in [-0.05, 0) is 32.9 Å². The maximum absolute atomic E-state index is 11.7. The topological polar surface area (TPSA) is 80.9 Å². The highest BCUT2D eigenvalue weighted by Gasteiger charge is 2.11. The van der Waals surface area contributed by atoms with E-state index < -0.39 is 0 Å². The summed E-state index contributed by atoms with van der Waals surface area (Å²) in [7, 11) is 0. The van der Waals surface area contributed by atoms with Crippen LogP contribution in [0.5, 0.6) is 0 Å². The van der Waals surface area contributed by atoms with Gasteiger partial charge in [0.2, 0.25) is 0 Å². The number of nitrogens with one attached hydrogen (secondary N) is 1. The number of hydrogen-bond acceptors (Lipinski definition) is 5. The number of carbonyl (C=O) groups is 1. The molecule has 0 radical (unpaired) electrons. The highest BCUT2D eigenvalue weighted by molar-refractivity contribution is 9.11. The van der Waals surface area contributed by atoms with Gasteiger partial charge < -0.3 is 11.1 Å². The molecule has 1 amide bonds. The molecular weight excluding hydrogens is 304 g/mol. The lowest BCUT2D eigenvalue weighted by Crippen LogP contribution is -2.25. The minimum atomic E-state index is -0.321. The summed E-state index contributed by atoms with van der Waals surface area (Å²) in [4.78, 5) is 19.4. The Balaban J connectivity index is 2.01. The third kappa shape index (κ3) is 3.01. The van der Waals surface area contributed by atoms with Crippen LogP contribution in [0, 0.1) is 0 Å². The fourth-order valence-corrected chi connectivity index (χ4v) is 2.44. The van der Waals surface area contributed by atoms with Crippen LogP contribution in [0.15, 0.2) is 27.6 Å². The molecule has 3 N–H and O–H groups in total. The number of carbonyl (C=O) groups excluding carboxylic acids is 1. The van der Waals surface area contributed by atoms with E-state index in [0.29, 0.717) is 6.54 Å². The van der Waals surface area contributed by atoms with Crippen LogP contribution in [-0.4, -0.2) is 15.9 Å². The van der Waals surface area contributed by atoms with E-state index in [4.69, 9.17) is 5.73 Å². The summed E-state index contributed by atoms with van der Waals surface area (Å²) in [5.74, 6) is -0.186. The van der Waals surface area contributed by atoms with E-state index >= 15 is 0 Å². The van der Waals surface area contributed by atoms with Gasteiger partial charge in [-0.25, -0.2) is 9.97 Å². The number of anilines is 1. The number of nitrogen functional groups attached to an aromatic ring is 1. The monoisotopic (exact) mass is 312 g/mol. The first kappa shape index (κ1) is 12.0. The van der Waals surface area contributed by atoms with Crippen molar-refractivity contribution in [1.29, 1.82) is 0 Å². The molecule has 7 heteroatoms. The summed E-state index contributed by atoms with van der Waals surface area (Å²) in [6.07, 6.45) is 2.88. The van der Waals surface area contributed by atoms with Gasteiger partial charge in [0.05, 0.1) is 3.79 Å². The highest BCUT2D eigenvalue weighted by atomic mass is 79.9. The molecule has 2 aromatic rings. The number of nitrogens with zero attached hydrogens (tertiary/aromatic N) is 2. The quantitative estimate of drug-likeness (QED) is 0.905. The van der Waals surface area contributed by atoms with Crippen LogP contribution < -0.4 is 11.1 Å². The summed E-state index contributed by atoms with van der Waals surface area (Å²) >= 11 is 4.93. The smallest absolute Gasteiger partial charge is 0.273 e. The van der Waals surface area contributed by atoms with Crippen molar-refractivity contribution in [2.45, 2.75) is 6.54 Å². The van der Waals surface area contributed by atoms with Crippen molar-refractivity contribution in [2.24, 2.45) is 0 Å². The molecule has 0 atom stereocenters. The van der Waals surface area contributed by atoms with Crippen molar-refractivity contribution >= 4 is 39.0 Å². The second kappa shape index (κ2) is 5.24. The van der Waals surface area contributed by atoms with E-state index in [1.165, 1.54) is 12.4 Å². The van der Waals surface area contributed by atoms with Gasteiger partial charge in [0.1, 0.15) is 0 Å². The Bertz CT molecular complexity index is 543. The first-order valence-electron chi connectivity index (χ1n) is 4.74. The van der Waals surface area contributed by atoms with E-state index in [1.807, 2.05) is 11.4 Å². The number of halogens is 1. The van der Waals surface area contributed by atoms with Crippen molar-refractivity contribution in [3.63, 3.8) is 0 Å². The van der Waals surface area contributed by atoms with Gasteiger partial charge in [0, 0.05) is 18.9 Å². The molecule has 2 heterocycles.